The zero-order valence-corrected chi connectivity index (χ0v) is 10.4. The quantitative estimate of drug-likeness (QED) is 0.714. The van der Waals surface area contributed by atoms with Gasteiger partial charge in [0, 0.05) is 17.9 Å². The highest BCUT2D eigenvalue weighted by Gasteiger charge is 2.09. The van der Waals surface area contributed by atoms with Gasteiger partial charge in [-0.05, 0) is 43.4 Å². The van der Waals surface area contributed by atoms with Gasteiger partial charge in [0.2, 0.25) is 0 Å². The normalized spacial score (nSPS) is 18.3. The summed E-state index contributed by atoms with van der Waals surface area (Å²) in [5, 5.41) is 5.97. The van der Waals surface area contributed by atoms with Gasteiger partial charge >= 0.3 is 6.03 Å². The molecule has 0 saturated carbocycles. The molecule has 96 valence electrons. The van der Waals surface area contributed by atoms with Crippen LogP contribution in [0.5, 0.6) is 0 Å². The van der Waals surface area contributed by atoms with E-state index in [1.54, 1.807) is 0 Å². The van der Waals surface area contributed by atoms with Crippen LogP contribution in [0.2, 0.25) is 0 Å². The molecule has 2 amide bonds. The molecule has 1 atom stereocenters. The highest BCUT2D eigenvalue weighted by atomic mass is 16.2. The molecule has 1 aromatic rings. The van der Waals surface area contributed by atoms with Crippen LogP contribution in [0.15, 0.2) is 36.4 Å². The van der Waals surface area contributed by atoms with Crippen molar-refractivity contribution < 1.29 is 4.79 Å². The van der Waals surface area contributed by atoms with E-state index in [1.807, 2.05) is 24.3 Å². The molecule has 4 nitrogen and oxygen atoms in total. The Hall–Kier alpha value is -1.97. The molecule has 0 spiro atoms. The Balaban J connectivity index is 1.88. The van der Waals surface area contributed by atoms with Crippen LogP contribution in [-0.2, 0) is 0 Å². The molecule has 0 radical (unpaired) electrons. The summed E-state index contributed by atoms with van der Waals surface area (Å²) < 4.78 is 0. The third-order valence-electron chi connectivity index (χ3n) is 3.10. The largest absolute Gasteiger partial charge is 0.385 e. The summed E-state index contributed by atoms with van der Waals surface area (Å²) in [4.78, 5) is 10.8. The van der Waals surface area contributed by atoms with Crippen molar-refractivity contribution in [1.29, 1.82) is 0 Å². The van der Waals surface area contributed by atoms with Gasteiger partial charge in [0.1, 0.15) is 0 Å². The number of nitrogens with one attached hydrogen (secondary N) is 2. The SMILES string of the molecule is NC(=O)Nc1cccc(NCC2CC=CCC2)c1. The third kappa shape index (κ3) is 3.80. The van der Waals surface area contributed by atoms with Crippen molar-refractivity contribution in [3.63, 3.8) is 0 Å². The fourth-order valence-corrected chi connectivity index (χ4v) is 2.15. The monoisotopic (exact) mass is 245 g/mol. The lowest BCUT2D eigenvalue weighted by atomic mass is 9.94. The highest BCUT2D eigenvalue weighted by molar-refractivity contribution is 5.88. The van der Waals surface area contributed by atoms with E-state index in [0.29, 0.717) is 5.92 Å². The minimum Gasteiger partial charge on any atom is -0.385 e. The Morgan fingerprint density at radius 1 is 1.33 bits per heavy atom. The van der Waals surface area contributed by atoms with Gasteiger partial charge in [0.05, 0.1) is 0 Å². The molecule has 0 aliphatic heterocycles. The predicted octanol–water partition coefficient (Wildman–Crippen LogP) is 2.95. The Morgan fingerprint density at radius 3 is 2.89 bits per heavy atom. The number of urea groups is 1. The molecule has 4 heteroatoms. The van der Waals surface area contributed by atoms with Gasteiger partial charge in [-0.15, -0.1) is 0 Å². The molecule has 0 fully saturated rings. The van der Waals surface area contributed by atoms with Crippen molar-refractivity contribution >= 4 is 17.4 Å². The van der Waals surface area contributed by atoms with Crippen molar-refractivity contribution in [1.82, 2.24) is 0 Å². The van der Waals surface area contributed by atoms with Crippen molar-refractivity contribution in [2.24, 2.45) is 11.7 Å². The van der Waals surface area contributed by atoms with Crippen molar-refractivity contribution in [2.45, 2.75) is 19.3 Å². The molecular formula is C14H19N3O. The van der Waals surface area contributed by atoms with Crippen LogP contribution in [0, 0.1) is 5.92 Å². The van der Waals surface area contributed by atoms with Crippen LogP contribution in [0.1, 0.15) is 19.3 Å². The fraction of sp³-hybridized carbons (Fsp3) is 0.357. The molecule has 0 saturated heterocycles. The summed E-state index contributed by atoms with van der Waals surface area (Å²) in [6.07, 6.45) is 8.05. The summed E-state index contributed by atoms with van der Waals surface area (Å²) in [6, 6.07) is 7.06. The number of amides is 2. The van der Waals surface area contributed by atoms with E-state index in [4.69, 9.17) is 5.73 Å². The molecular weight excluding hydrogens is 226 g/mol. The van der Waals surface area contributed by atoms with Crippen molar-refractivity contribution in [3.8, 4) is 0 Å². The molecule has 0 heterocycles. The molecule has 1 aliphatic carbocycles. The first-order valence-corrected chi connectivity index (χ1v) is 6.29. The number of anilines is 2. The Kier molecular flexibility index (Phi) is 4.23. The second-order valence-corrected chi connectivity index (χ2v) is 4.60. The number of rotatable bonds is 4. The molecule has 1 aliphatic rings. The topological polar surface area (TPSA) is 67.2 Å². The second-order valence-electron chi connectivity index (χ2n) is 4.60. The lowest BCUT2D eigenvalue weighted by molar-refractivity contribution is 0.259. The molecule has 1 aromatic carbocycles. The molecule has 0 bridgehead atoms. The number of primary amides is 1. The number of carbonyl (C=O) groups excluding carboxylic acids is 1. The molecule has 0 aromatic heterocycles. The van der Waals surface area contributed by atoms with E-state index >= 15 is 0 Å². The Bertz CT molecular complexity index is 442. The van der Waals surface area contributed by atoms with Gasteiger partial charge in [0.15, 0.2) is 0 Å². The average molecular weight is 245 g/mol. The van der Waals surface area contributed by atoms with E-state index in [-0.39, 0.29) is 0 Å². The van der Waals surface area contributed by atoms with Crippen molar-refractivity contribution in [2.75, 3.05) is 17.2 Å². The number of benzene rings is 1. The van der Waals surface area contributed by atoms with Crippen LogP contribution in [0.3, 0.4) is 0 Å². The maximum atomic E-state index is 10.8. The lowest BCUT2D eigenvalue weighted by Gasteiger charge is -2.19. The third-order valence-corrected chi connectivity index (χ3v) is 3.10. The van der Waals surface area contributed by atoms with Crippen LogP contribution < -0.4 is 16.4 Å². The summed E-state index contributed by atoms with van der Waals surface area (Å²) in [5.74, 6) is 0.697. The highest BCUT2D eigenvalue weighted by Crippen LogP contribution is 2.20. The minimum absolute atomic E-state index is 0.537. The van der Waals surface area contributed by atoms with Gasteiger partial charge in [-0.3, -0.25) is 0 Å². The molecule has 1 unspecified atom stereocenters. The van der Waals surface area contributed by atoms with Crippen LogP contribution in [-0.4, -0.2) is 12.6 Å². The van der Waals surface area contributed by atoms with Gasteiger partial charge in [-0.2, -0.15) is 0 Å². The zero-order chi connectivity index (χ0) is 12.8. The average Bonchev–Trinajstić information content (AvgIpc) is 2.37. The minimum atomic E-state index is -0.537. The smallest absolute Gasteiger partial charge is 0.316 e. The Morgan fingerprint density at radius 2 is 2.17 bits per heavy atom. The number of carbonyl (C=O) groups is 1. The summed E-state index contributed by atoms with van der Waals surface area (Å²) in [7, 11) is 0. The summed E-state index contributed by atoms with van der Waals surface area (Å²) in [5.41, 5.74) is 6.82. The maximum Gasteiger partial charge on any atom is 0.316 e. The van der Waals surface area contributed by atoms with E-state index in [0.717, 1.165) is 24.3 Å². The summed E-state index contributed by atoms with van der Waals surface area (Å²) >= 11 is 0. The number of hydrogen-bond acceptors (Lipinski definition) is 2. The number of nitrogens with two attached hydrogens (primary N) is 1. The van der Waals surface area contributed by atoms with E-state index in [1.165, 1.54) is 12.8 Å². The van der Waals surface area contributed by atoms with E-state index in [9.17, 15) is 4.79 Å². The standard InChI is InChI=1S/C14H19N3O/c15-14(18)17-13-8-4-7-12(9-13)16-10-11-5-2-1-3-6-11/h1-2,4,7-9,11,16H,3,5-6,10H2,(H3,15,17,18). The van der Waals surface area contributed by atoms with Gasteiger partial charge in [0.25, 0.3) is 0 Å². The zero-order valence-electron chi connectivity index (χ0n) is 10.4. The van der Waals surface area contributed by atoms with Crippen molar-refractivity contribution in [3.05, 3.63) is 36.4 Å². The first kappa shape index (κ1) is 12.5. The van der Waals surface area contributed by atoms with Gasteiger partial charge in [-0.25, -0.2) is 4.79 Å². The molecule has 18 heavy (non-hydrogen) atoms. The fourth-order valence-electron chi connectivity index (χ4n) is 2.15. The Labute approximate surface area is 107 Å². The van der Waals surface area contributed by atoms with Crippen LogP contribution in [0.25, 0.3) is 0 Å². The van der Waals surface area contributed by atoms with E-state index < -0.39 is 6.03 Å². The van der Waals surface area contributed by atoms with E-state index in [2.05, 4.69) is 22.8 Å². The lowest BCUT2D eigenvalue weighted by Crippen LogP contribution is -2.19. The maximum absolute atomic E-state index is 10.8. The first-order chi connectivity index (χ1) is 8.74. The van der Waals surface area contributed by atoms with Crippen LogP contribution in [0.4, 0.5) is 16.2 Å². The summed E-state index contributed by atoms with van der Waals surface area (Å²) in [6.45, 7) is 0.963. The van der Waals surface area contributed by atoms with Crippen LogP contribution >= 0.6 is 0 Å². The van der Waals surface area contributed by atoms with Gasteiger partial charge < -0.3 is 16.4 Å². The first-order valence-electron chi connectivity index (χ1n) is 6.29. The second kappa shape index (κ2) is 6.10. The number of hydrogen-bond donors (Lipinski definition) is 3. The molecule has 2 rings (SSSR count). The van der Waals surface area contributed by atoms with Gasteiger partial charge in [-0.1, -0.05) is 18.2 Å². The molecule has 4 N–H and O–H groups in total. The number of allylic oxidation sites excluding steroid dienone is 2. The predicted molar refractivity (Wildman–Crippen MR) is 74.6 cm³/mol.